The minimum Gasteiger partial charge on any atom is -0.326 e. The van der Waals surface area contributed by atoms with Crippen molar-refractivity contribution in [1.82, 2.24) is 0 Å². The topological polar surface area (TPSA) is 29.1 Å². The molecule has 0 spiro atoms. The maximum atomic E-state index is 13.0. The van der Waals surface area contributed by atoms with Crippen LogP contribution in [0.25, 0.3) is 0 Å². The number of anilines is 1. The molecule has 0 saturated heterocycles. The van der Waals surface area contributed by atoms with Crippen LogP contribution in [0.3, 0.4) is 0 Å². The Hall–Kier alpha value is -1.68. The number of halogens is 2. The lowest BCUT2D eigenvalue weighted by molar-refractivity contribution is -0.115. The molecule has 2 aromatic rings. The van der Waals surface area contributed by atoms with Gasteiger partial charge in [0, 0.05) is 11.0 Å². The van der Waals surface area contributed by atoms with E-state index in [1.807, 2.05) is 24.3 Å². The summed E-state index contributed by atoms with van der Waals surface area (Å²) in [5.41, 5.74) is 2.50. The summed E-state index contributed by atoms with van der Waals surface area (Å²) in [6.45, 7) is 0. The molecule has 0 aliphatic heterocycles. The molecule has 0 fully saturated rings. The van der Waals surface area contributed by atoms with E-state index in [0.29, 0.717) is 5.56 Å². The summed E-state index contributed by atoms with van der Waals surface area (Å²) in [6.07, 6.45) is 0.163. The van der Waals surface area contributed by atoms with Gasteiger partial charge in [0.1, 0.15) is 5.82 Å². The highest BCUT2D eigenvalue weighted by Gasteiger charge is 2.05. The molecule has 2 rings (SSSR count). The summed E-state index contributed by atoms with van der Waals surface area (Å²) in [7, 11) is 0. The van der Waals surface area contributed by atoms with Crippen LogP contribution in [0.4, 0.5) is 10.1 Å². The molecular formula is C15H13BrFNO. The molecule has 0 aromatic heterocycles. The van der Waals surface area contributed by atoms with Crippen molar-refractivity contribution in [2.24, 2.45) is 0 Å². The molecule has 1 amide bonds. The fourth-order valence-electron chi connectivity index (χ4n) is 1.77. The van der Waals surface area contributed by atoms with Gasteiger partial charge in [0.15, 0.2) is 0 Å². The van der Waals surface area contributed by atoms with Crippen molar-refractivity contribution in [2.75, 3.05) is 5.32 Å². The Kier molecular flexibility index (Phi) is 4.68. The summed E-state index contributed by atoms with van der Waals surface area (Å²) < 4.78 is 13.0. The van der Waals surface area contributed by atoms with Crippen LogP contribution in [-0.4, -0.2) is 5.91 Å². The van der Waals surface area contributed by atoms with Crippen LogP contribution in [0.2, 0.25) is 0 Å². The largest absolute Gasteiger partial charge is 0.326 e. The number of hydrogen-bond acceptors (Lipinski definition) is 1. The molecule has 2 aromatic carbocycles. The van der Waals surface area contributed by atoms with Crippen molar-refractivity contribution in [3.63, 3.8) is 0 Å². The van der Waals surface area contributed by atoms with Gasteiger partial charge in [-0.3, -0.25) is 4.79 Å². The first-order chi connectivity index (χ1) is 9.17. The zero-order valence-electron chi connectivity index (χ0n) is 10.2. The number of carbonyl (C=O) groups excluding carboxylic acids is 1. The fourth-order valence-corrected chi connectivity index (χ4v) is 2.12. The first kappa shape index (κ1) is 13.7. The summed E-state index contributed by atoms with van der Waals surface area (Å²) in [5, 5.41) is 3.54. The molecule has 19 heavy (non-hydrogen) atoms. The average Bonchev–Trinajstić information content (AvgIpc) is 2.38. The first-order valence-corrected chi connectivity index (χ1v) is 6.99. The Bertz CT molecular complexity index is 586. The van der Waals surface area contributed by atoms with E-state index >= 15 is 0 Å². The van der Waals surface area contributed by atoms with Crippen molar-refractivity contribution in [3.05, 3.63) is 65.5 Å². The van der Waals surface area contributed by atoms with Gasteiger partial charge < -0.3 is 5.32 Å². The molecule has 4 heteroatoms. The van der Waals surface area contributed by atoms with Gasteiger partial charge in [-0.1, -0.05) is 40.2 Å². The highest BCUT2D eigenvalue weighted by atomic mass is 79.9. The third kappa shape index (κ3) is 4.17. The Morgan fingerprint density at radius 1 is 1.11 bits per heavy atom. The summed E-state index contributed by atoms with van der Waals surface area (Å²) in [5.74, 6) is -0.482. The quantitative estimate of drug-likeness (QED) is 0.850. The van der Waals surface area contributed by atoms with Crippen molar-refractivity contribution in [1.29, 1.82) is 0 Å². The molecule has 0 aliphatic rings. The van der Waals surface area contributed by atoms with Crippen LogP contribution in [0, 0.1) is 5.82 Å². The molecule has 0 aliphatic carbocycles. The van der Waals surface area contributed by atoms with Crippen LogP contribution in [0.15, 0.2) is 48.5 Å². The van der Waals surface area contributed by atoms with Crippen LogP contribution in [0.1, 0.15) is 11.1 Å². The fraction of sp³-hybridized carbons (Fsp3) is 0.133. The Morgan fingerprint density at radius 3 is 2.58 bits per heavy atom. The first-order valence-electron chi connectivity index (χ1n) is 5.86. The lowest BCUT2D eigenvalue weighted by Crippen LogP contribution is -2.14. The predicted molar refractivity (Wildman–Crippen MR) is 77.8 cm³/mol. The van der Waals surface area contributed by atoms with Crippen LogP contribution >= 0.6 is 15.9 Å². The number of amides is 1. The zero-order chi connectivity index (χ0) is 13.7. The smallest absolute Gasteiger partial charge is 0.228 e. The van der Waals surface area contributed by atoms with E-state index < -0.39 is 0 Å². The lowest BCUT2D eigenvalue weighted by Gasteiger charge is -2.06. The van der Waals surface area contributed by atoms with E-state index in [0.717, 1.165) is 16.6 Å². The average molecular weight is 322 g/mol. The number of rotatable bonds is 4. The second-order valence-electron chi connectivity index (χ2n) is 4.19. The number of hydrogen-bond donors (Lipinski definition) is 1. The Morgan fingerprint density at radius 2 is 1.84 bits per heavy atom. The van der Waals surface area contributed by atoms with Crippen LogP contribution < -0.4 is 5.32 Å². The third-order valence-electron chi connectivity index (χ3n) is 2.62. The number of carbonyl (C=O) groups is 1. The van der Waals surface area contributed by atoms with E-state index in [2.05, 4.69) is 21.2 Å². The van der Waals surface area contributed by atoms with E-state index in [1.165, 1.54) is 12.1 Å². The number of benzene rings is 2. The molecule has 2 nitrogen and oxygen atoms in total. The normalized spacial score (nSPS) is 10.2. The second kappa shape index (κ2) is 6.48. The SMILES string of the molecule is O=C(Cc1cccc(F)c1)Nc1cccc(CBr)c1. The predicted octanol–water partition coefficient (Wildman–Crippen LogP) is 3.90. The van der Waals surface area contributed by atoms with Gasteiger partial charge in [-0.05, 0) is 35.4 Å². The van der Waals surface area contributed by atoms with Crippen LogP contribution in [-0.2, 0) is 16.5 Å². The van der Waals surface area contributed by atoms with E-state index in [4.69, 9.17) is 0 Å². The summed E-state index contributed by atoms with van der Waals surface area (Å²) >= 11 is 3.37. The highest BCUT2D eigenvalue weighted by molar-refractivity contribution is 9.08. The maximum absolute atomic E-state index is 13.0. The molecule has 1 N–H and O–H groups in total. The Balaban J connectivity index is 2.01. The van der Waals surface area contributed by atoms with Gasteiger partial charge >= 0.3 is 0 Å². The molecule has 0 saturated carbocycles. The summed E-state index contributed by atoms with van der Waals surface area (Å²) in [6, 6.07) is 13.6. The molecule has 0 radical (unpaired) electrons. The van der Waals surface area contributed by atoms with E-state index in [1.54, 1.807) is 12.1 Å². The minimum absolute atomic E-state index is 0.155. The van der Waals surface area contributed by atoms with Crippen molar-refractivity contribution in [2.45, 2.75) is 11.8 Å². The second-order valence-corrected chi connectivity index (χ2v) is 4.75. The molecular weight excluding hydrogens is 309 g/mol. The van der Waals surface area contributed by atoms with Gasteiger partial charge in [-0.15, -0.1) is 0 Å². The van der Waals surface area contributed by atoms with Gasteiger partial charge in [-0.2, -0.15) is 0 Å². The van der Waals surface area contributed by atoms with Gasteiger partial charge in [0.25, 0.3) is 0 Å². The molecule has 0 heterocycles. The Labute approximate surface area is 119 Å². The van der Waals surface area contributed by atoms with Gasteiger partial charge in [0.2, 0.25) is 5.91 Å². The lowest BCUT2D eigenvalue weighted by atomic mass is 10.1. The van der Waals surface area contributed by atoms with Crippen molar-refractivity contribution >= 4 is 27.5 Å². The monoisotopic (exact) mass is 321 g/mol. The van der Waals surface area contributed by atoms with E-state index in [9.17, 15) is 9.18 Å². The standard InChI is InChI=1S/C15H13BrFNO/c16-10-12-4-2-6-14(8-12)18-15(19)9-11-3-1-5-13(17)7-11/h1-8H,9-10H2,(H,18,19). The zero-order valence-corrected chi connectivity index (χ0v) is 11.8. The maximum Gasteiger partial charge on any atom is 0.228 e. The number of nitrogens with one attached hydrogen (secondary N) is 1. The van der Waals surface area contributed by atoms with Crippen LogP contribution in [0.5, 0.6) is 0 Å². The number of alkyl halides is 1. The van der Waals surface area contributed by atoms with Crippen molar-refractivity contribution in [3.8, 4) is 0 Å². The van der Waals surface area contributed by atoms with Gasteiger partial charge in [0.05, 0.1) is 6.42 Å². The van der Waals surface area contributed by atoms with Crippen molar-refractivity contribution < 1.29 is 9.18 Å². The summed E-state index contributed by atoms with van der Waals surface area (Å²) in [4.78, 5) is 11.8. The minimum atomic E-state index is -0.327. The third-order valence-corrected chi connectivity index (χ3v) is 3.27. The molecule has 0 bridgehead atoms. The molecule has 0 unspecified atom stereocenters. The highest BCUT2D eigenvalue weighted by Crippen LogP contribution is 2.14. The molecule has 0 atom stereocenters. The van der Waals surface area contributed by atoms with Gasteiger partial charge in [-0.25, -0.2) is 4.39 Å². The van der Waals surface area contributed by atoms with E-state index in [-0.39, 0.29) is 18.1 Å². The molecule has 98 valence electrons.